The molecule has 38 heavy (non-hydrogen) atoms. The summed E-state index contributed by atoms with van der Waals surface area (Å²) in [6, 6.07) is 18.2. The molecule has 0 aliphatic heterocycles. The van der Waals surface area contributed by atoms with Crippen molar-refractivity contribution in [2.24, 2.45) is 11.5 Å². The number of carbonyl (C=O) groups excluding carboxylic acids is 4. The Kier molecular flexibility index (Phi) is 10.7. The number of benzene rings is 2. The van der Waals surface area contributed by atoms with Gasteiger partial charge in [-0.05, 0) is 30.5 Å². The van der Waals surface area contributed by atoms with E-state index in [-0.39, 0.29) is 26.2 Å². The average Bonchev–Trinajstić information content (AvgIpc) is 2.93. The van der Waals surface area contributed by atoms with Crippen molar-refractivity contribution in [1.82, 2.24) is 15.5 Å². The Balaban J connectivity index is 1.64. The van der Waals surface area contributed by atoms with Gasteiger partial charge >= 0.3 is 11.8 Å². The molecule has 0 fully saturated rings. The highest BCUT2D eigenvalue weighted by Gasteiger charge is 2.24. The number of nitrogens with zero attached hydrogens (tertiary/aromatic N) is 1. The lowest BCUT2D eigenvalue weighted by Crippen LogP contribution is -2.51. The van der Waals surface area contributed by atoms with Crippen LogP contribution in [0.3, 0.4) is 0 Å². The normalized spacial score (nSPS) is 11.4. The van der Waals surface area contributed by atoms with Crippen LogP contribution in [0.25, 0.3) is 10.9 Å². The number of hydrogen-bond acceptors (Lipinski definition) is 6. The van der Waals surface area contributed by atoms with Crippen molar-refractivity contribution in [2.75, 3.05) is 38.0 Å². The number of H-pyrrole nitrogens is 1. The lowest BCUT2D eigenvalue weighted by atomic mass is 10.0. The summed E-state index contributed by atoms with van der Waals surface area (Å²) in [7, 11) is 0. The molecule has 0 aliphatic carbocycles. The van der Waals surface area contributed by atoms with Crippen LogP contribution >= 0.6 is 0 Å². The Labute approximate surface area is 221 Å². The van der Waals surface area contributed by atoms with Gasteiger partial charge < -0.3 is 32.3 Å². The number of aromatic amines is 1. The first-order chi connectivity index (χ1) is 18.4. The van der Waals surface area contributed by atoms with Gasteiger partial charge in [0, 0.05) is 37.6 Å². The van der Waals surface area contributed by atoms with Crippen molar-refractivity contribution >= 4 is 40.2 Å². The van der Waals surface area contributed by atoms with Crippen LogP contribution in [-0.4, -0.2) is 67.3 Å². The van der Waals surface area contributed by atoms with Gasteiger partial charge in [-0.3, -0.25) is 19.2 Å². The molecule has 4 amide bonds. The Hall–Kier alpha value is -4.35. The van der Waals surface area contributed by atoms with Crippen LogP contribution in [0.2, 0.25) is 0 Å². The smallest absolute Gasteiger partial charge is 0.311 e. The predicted octanol–water partition coefficient (Wildman–Crippen LogP) is -0.428. The highest BCUT2D eigenvalue weighted by molar-refractivity contribution is 6.35. The SMILES string of the molecule is NCCN(CCN)C(=O)C(=O)NCC(=O)N[C@@H](CCc1ccccc1)C(=O)Nc1c[nH+]c2ccccc2c1. The van der Waals surface area contributed by atoms with Crippen LogP contribution < -0.4 is 32.4 Å². The summed E-state index contributed by atoms with van der Waals surface area (Å²) in [4.78, 5) is 54.8. The number of aromatic nitrogens is 1. The number of hydrogen-bond donors (Lipinski definition) is 5. The molecule has 8 N–H and O–H groups in total. The molecule has 3 aromatic rings. The summed E-state index contributed by atoms with van der Waals surface area (Å²) in [6.45, 7) is 0.217. The number of amides is 4. The Bertz CT molecular complexity index is 1250. The molecule has 0 radical (unpaired) electrons. The topological polar surface area (TPSA) is 174 Å². The number of pyridine rings is 1. The lowest BCUT2D eigenvalue weighted by molar-refractivity contribution is -0.343. The van der Waals surface area contributed by atoms with Crippen molar-refractivity contribution in [1.29, 1.82) is 0 Å². The van der Waals surface area contributed by atoms with Gasteiger partial charge in [-0.25, -0.2) is 4.98 Å². The molecule has 200 valence electrons. The van der Waals surface area contributed by atoms with Gasteiger partial charge in [0.05, 0.1) is 6.54 Å². The first-order valence-corrected chi connectivity index (χ1v) is 12.4. The zero-order valence-electron chi connectivity index (χ0n) is 21.1. The van der Waals surface area contributed by atoms with Gasteiger partial charge in [0.2, 0.25) is 17.3 Å². The second-order valence-electron chi connectivity index (χ2n) is 8.66. The Morgan fingerprint density at radius 3 is 2.32 bits per heavy atom. The van der Waals surface area contributed by atoms with Gasteiger partial charge in [-0.15, -0.1) is 0 Å². The van der Waals surface area contributed by atoms with Crippen molar-refractivity contribution in [3.05, 3.63) is 72.4 Å². The molecule has 1 aromatic heterocycles. The molecule has 0 unspecified atom stereocenters. The van der Waals surface area contributed by atoms with E-state index in [0.717, 1.165) is 16.5 Å². The molecule has 2 aromatic carbocycles. The maximum Gasteiger partial charge on any atom is 0.311 e. The number of nitrogens with one attached hydrogen (secondary N) is 4. The zero-order chi connectivity index (χ0) is 27.3. The summed E-state index contributed by atoms with van der Waals surface area (Å²) in [5.41, 5.74) is 13.4. The molecule has 3 rings (SSSR count). The zero-order valence-corrected chi connectivity index (χ0v) is 21.1. The number of aryl methyl sites for hydroxylation is 1. The number of carbonyl (C=O) groups is 4. The Morgan fingerprint density at radius 1 is 0.921 bits per heavy atom. The van der Waals surface area contributed by atoms with E-state index in [0.29, 0.717) is 18.5 Å². The van der Waals surface area contributed by atoms with E-state index in [9.17, 15) is 19.2 Å². The van der Waals surface area contributed by atoms with E-state index in [4.69, 9.17) is 11.5 Å². The highest BCUT2D eigenvalue weighted by Crippen LogP contribution is 2.14. The minimum absolute atomic E-state index is 0.170. The van der Waals surface area contributed by atoms with Crippen LogP contribution in [0.4, 0.5) is 5.69 Å². The molecule has 0 saturated heterocycles. The number of nitrogens with two attached hydrogens (primary N) is 2. The maximum atomic E-state index is 13.2. The van der Waals surface area contributed by atoms with Gasteiger partial charge in [0.1, 0.15) is 11.7 Å². The first kappa shape index (κ1) is 28.2. The second kappa shape index (κ2) is 14.4. The fourth-order valence-corrected chi connectivity index (χ4v) is 3.90. The van der Waals surface area contributed by atoms with Gasteiger partial charge in [-0.1, -0.05) is 42.5 Å². The monoisotopic (exact) mass is 520 g/mol. The van der Waals surface area contributed by atoms with E-state index in [1.165, 1.54) is 4.90 Å². The van der Waals surface area contributed by atoms with E-state index in [1.54, 1.807) is 6.20 Å². The predicted molar refractivity (Wildman–Crippen MR) is 144 cm³/mol. The first-order valence-electron chi connectivity index (χ1n) is 12.4. The summed E-state index contributed by atoms with van der Waals surface area (Å²) in [5.74, 6) is -2.77. The van der Waals surface area contributed by atoms with Crippen molar-refractivity contribution < 1.29 is 24.2 Å². The van der Waals surface area contributed by atoms with Gasteiger partial charge in [0.15, 0.2) is 6.20 Å². The minimum Gasteiger partial charge on any atom is -0.343 e. The molecule has 0 bridgehead atoms. The number of para-hydroxylation sites is 1. The third-order valence-electron chi connectivity index (χ3n) is 5.83. The molecule has 11 heteroatoms. The van der Waals surface area contributed by atoms with Crippen LogP contribution in [0.5, 0.6) is 0 Å². The summed E-state index contributed by atoms with van der Waals surface area (Å²) in [6.07, 6.45) is 2.55. The van der Waals surface area contributed by atoms with Crippen molar-refractivity contribution in [2.45, 2.75) is 18.9 Å². The van der Waals surface area contributed by atoms with Crippen molar-refractivity contribution in [3.63, 3.8) is 0 Å². The maximum absolute atomic E-state index is 13.2. The standard InChI is InChI=1S/C27H33N7O4/c28-12-14-34(15-13-29)27(38)26(37)31-18-24(35)33-23(11-10-19-6-2-1-3-7-19)25(36)32-21-16-20-8-4-5-9-22(20)30-17-21/h1-9,16-17,23H,10-15,18,28-29H2,(H,31,37)(H,32,36)(H,33,35)/p+1/t23-/m0/s1. The minimum atomic E-state index is -0.945. The summed E-state index contributed by atoms with van der Waals surface area (Å²) < 4.78 is 0. The Morgan fingerprint density at radius 2 is 1.61 bits per heavy atom. The summed E-state index contributed by atoms with van der Waals surface area (Å²) >= 11 is 0. The van der Waals surface area contributed by atoms with E-state index in [1.807, 2.05) is 60.7 Å². The van der Waals surface area contributed by atoms with Crippen LogP contribution in [0, 0.1) is 0 Å². The lowest BCUT2D eigenvalue weighted by Gasteiger charge is -2.21. The van der Waals surface area contributed by atoms with Crippen LogP contribution in [-0.2, 0) is 25.6 Å². The number of anilines is 1. The quantitative estimate of drug-likeness (QED) is 0.203. The van der Waals surface area contributed by atoms with Crippen molar-refractivity contribution in [3.8, 4) is 0 Å². The third-order valence-corrected chi connectivity index (χ3v) is 5.83. The average molecular weight is 521 g/mol. The van der Waals surface area contributed by atoms with E-state index in [2.05, 4.69) is 20.9 Å². The summed E-state index contributed by atoms with van der Waals surface area (Å²) in [5, 5.41) is 8.75. The molecule has 11 nitrogen and oxygen atoms in total. The molecule has 0 aliphatic rings. The molecule has 0 saturated carbocycles. The van der Waals surface area contributed by atoms with E-state index < -0.39 is 36.2 Å². The van der Waals surface area contributed by atoms with Gasteiger partial charge in [0.25, 0.3) is 0 Å². The number of rotatable bonds is 12. The molecule has 1 atom stereocenters. The fourth-order valence-electron chi connectivity index (χ4n) is 3.90. The molecular formula is C27H34N7O4+. The highest BCUT2D eigenvalue weighted by atomic mass is 16.2. The molecule has 1 heterocycles. The molecule has 0 spiro atoms. The van der Waals surface area contributed by atoms with Gasteiger partial charge in [-0.2, -0.15) is 0 Å². The molecular weight excluding hydrogens is 486 g/mol. The van der Waals surface area contributed by atoms with Crippen LogP contribution in [0.1, 0.15) is 12.0 Å². The van der Waals surface area contributed by atoms with Crippen LogP contribution in [0.15, 0.2) is 66.9 Å². The fraction of sp³-hybridized carbons (Fsp3) is 0.296. The number of fused-ring (bicyclic) bond motifs is 1. The largest absolute Gasteiger partial charge is 0.343 e. The second-order valence-corrected chi connectivity index (χ2v) is 8.66. The van der Waals surface area contributed by atoms with E-state index >= 15 is 0 Å². The third kappa shape index (κ3) is 8.36.